The minimum Gasteiger partial charge on any atom is -0.481 e. The molecule has 0 spiro atoms. The lowest BCUT2D eigenvalue weighted by molar-refractivity contribution is -0.152. The molecule has 108 valence electrons. The molecule has 4 heteroatoms. The van der Waals surface area contributed by atoms with E-state index in [2.05, 4.69) is 0 Å². The van der Waals surface area contributed by atoms with Crippen LogP contribution in [0.4, 0.5) is 0 Å². The lowest BCUT2D eigenvalue weighted by Gasteiger charge is -2.40. The lowest BCUT2D eigenvalue weighted by Crippen LogP contribution is -2.46. The number of amides is 1. The van der Waals surface area contributed by atoms with Gasteiger partial charge in [-0.2, -0.15) is 0 Å². The Morgan fingerprint density at radius 1 is 1.35 bits per heavy atom. The van der Waals surface area contributed by atoms with E-state index in [9.17, 15) is 14.7 Å². The fraction of sp³-hybridized carbons (Fsp3) is 0.500. The average molecular weight is 275 g/mol. The van der Waals surface area contributed by atoms with E-state index in [1.807, 2.05) is 44.2 Å². The molecule has 0 bridgehead atoms. The van der Waals surface area contributed by atoms with Crippen LogP contribution >= 0.6 is 0 Å². The predicted molar refractivity (Wildman–Crippen MR) is 76.1 cm³/mol. The minimum atomic E-state index is -0.819. The molecule has 1 aromatic rings. The molecule has 0 aromatic heterocycles. The Kier molecular flexibility index (Phi) is 4.42. The van der Waals surface area contributed by atoms with Crippen LogP contribution in [-0.4, -0.2) is 28.4 Å². The molecule has 2 atom stereocenters. The third kappa shape index (κ3) is 3.00. The molecule has 20 heavy (non-hydrogen) atoms. The van der Waals surface area contributed by atoms with E-state index in [-0.39, 0.29) is 11.9 Å². The van der Waals surface area contributed by atoms with Crippen molar-refractivity contribution in [3.63, 3.8) is 0 Å². The van der Waals surface area contributed by atoms with Gasteiger partial charge in [-0.1, -0.05) is 44.2 Å². The molecule has 1 aliphatic rings. The van der Waals surface area contributed by atoms with E-state index in [1.54, 1.807) is 4.90 Å². The van der Waals surface area contributed by atoms with Crippen molar-refractivity contribution >= 4 is 11.9 Å². The van der Waals surface area contributed by atoms with Crippen LogP contribution in [0, 0.1) is 11.8 Å². The number of carbonyl (C=O) groups is 2. The van der Waals surface area contributed by atoms with E-state index in [1.165, 1.54) is 0 Å². The Morgan fingerprint density at radius 2 is 2.00 bits per heavy atom. The molecular formula is C16H21NO3. The van der Waals surface area contributed by atoms with Crippen LogP contribution < -0.4 is 0 Å². The first-order valence-corrected chi connectivity index (χ1v) is 7.08. The second-order valence-electron chi connectivity index (χ2n) is 5.78. The van der Waals surface area contributed by atoms with Gasteiger partial charge in [0, 0.05) is 13.0 Å². The number of piperidine rings is 1. The number of aliphatic carboxylic acids is 1. The Balaban J connectivity index is 2.39. The first kappa shape index (κ1) is 14.6. The largest absolute Gasteiger partial charge is 0.481 e. The van der Waals surface area contributed by atoms with Crippen molar-refractivity contribution in [3.8, 4) is 0 Å². The summed E-state index contributed by atoms with van der Waals surface area (Å²) in [5.41, 5.74) is 0.911. The number of carboxylic acids is 1. The Hall–Kier alpha value is -1.84. The minimum absolute atomic E-state index is 0.0602. The van der Waals surface area contributed by atoms with E-state index >= 15 is 0 Å². The van der Waals surface area contributed by atoms with Crippen molar-refractivity contribution in [1.29, 1.82) is 0 Å². The van der Waals surface area contributed by atoms with Crippen molar-refractivity contribution < 1.29 is 14.7 Å². The van der Waals surface area contributed by atoms with Gasteiger partial charge in [0.15, 0.2) is 0 Å². The van der Waals surface area contributed by atoms with E-state index < -0.39 is 11.9 Å². The number of likely N-dealkylation sites (tertiary alicyclic amines) is 1. The van der Waals surface area contributed by atoms with Crippen molar-refractivity contribution in [1.82, 2.24) is 4.90 Å². The third-order valence-electron chi connectivity index (χ3n) is 3.73. The Bertz CT molecular complexity index is 484. The van der Waals surface area contributed by atoms with Crippen LogP contribution in [0.25, 0.3) is 0 Å². The Morgan fingerprint density at radius 3 is 2.55 bits per heavy atom. The molecule has 2 rings (SSSR count). The van der Waals surface area contributed by atoms with Gasteiger partial charge in [-0.25, -0.2) is 0 Å². The van der Waals surface area contributed by atoms with E-state index in [0.29, 0.717) is 25.3 Å². The number of carboxylic acid groups (broad SMARTS) is 1. The van der Waals surface area contributed by atoms with Crippen LogP contribution in [0.3, 0.4) is 0 Å². The first-order chi connectivity index (χ1) is 9.50. The monoisotopic (exact) mass is 275 g/mol. The molecule has 1 saturated heterocycles. The van der Waals surface area contributed by atoms with Crippen LogP contribution in [-0.2, 0) is 9.59 Å². The van der Waals surface area contributed by atoms with Crippen LogP contribution in [0.5, 0.6) is 0 Å². The van der Waals surface area contributed by atoms with Crippen molar-refractivity contribution in [3.05, 3.63) is 35.9 Å². The zero-order valence-corrected chi connectivity index (χ0v) is 12.0. The third-order valence-corrected chi connectivity index (χ3v) is 3.73. The molecule has 0 saturated carbocycles. The van der Waals surface area contributed by atoms with Crippen molar-refractivity contribution in [2.24, 2.45) is 11.8 Å². The standard InChI is InChI=1S/C16H21NO3/c1-11(2)10-17-14(18)9-8-13(16(19)20)15(17)12-6-4-3-5-7-12/h3-7,11,13,15H,8-10H2,1-2H3,(H,19,20). The van der Waals surface area contributed by atoms with Crippen molar-refractivity contribution in [2.75, 3.05) is 6.54 Å². The lowest BCUT2D eigenvalue weighted by atomic mass is 9.84. The molecule has 1 fully saturated rings. The average Bonchev–Trinajstić information content (AvgIpc) is 2.41. The van der Waals surface area contributed by atoms with Gasteiger partial charge in [0.2, 0.25) is 5.91 Å². The molecule has 1 heterocycles. The van der Waals surface area contributed by atoms with Crippen LogP contribution in [0.15, 0.2) is 30.3 Å². The van der Waals surface area contributed by atoms with E-state index in [0.717, 1.165) is 5.56 Å². The molecular weight excluding hydrogens is 254 g/mol. The highest BCUT2D eigenvalue weighted by Gasteiger charge is 2.40. The Labute approximate surface area is 119 Å². The molecule has 2 unspecified atom stereocenters. The summed E-state index contributed by atoms with van der Waals surface area (Å²) in [5.74, 6) is -0.961. The molecule has 0 radical (unpaired) electrons. The number of rotatable bonds is 4. The normalized spacial score (nSPS) is 23.1. The van der Waals surface area contributed by atoms with Gasteiger partial charge in [0.25, 0.3) is 0 Å². The highest BCUT2D eigenvalue weighted by atomic mass is 16.4. The number of nitrogens with zero attached hydrogens (tertiary/aromatic N) is 1. The predicted octanol–water partition coefficient (Wildman–Crippen LogP) is 2.71. The number of hydrogen-bond donors (Lipinski definition) is 1. The van der Waals surface area contributed by atoms with Crippen LogP contribution in [0.1, 0.15) is 38.3 Å². The second kappa shape index (κ2) is 6.07. The van der Waals surface area contributed by atoms with Crippen LogP contribution in [0.2, 0.25) is 0 Å². The van der Waals surface area contributed by atoms with Gasteiger partial charge >= 0.3 is 5.97 Å². The van der Waals surface area contributed by atoms with Gasteiger partial charge in [-0.3, -0.25) is 9.59 Å². The summed E-state index contributed by atoms with van der Waals surface area (Å²) in [4.78, 5) is 25.5. The van der Waals surface area contributed by atoms with Gasteiger partial charge in [-0.05, 0) is 17.9 Å². The van der Waals surface area contributed by atoms with Crippen molar-refractivity contribution in [2.45, 2.75) is 32.7 Å². The van der Waals surface area contributed by atoms with Gasteiger partial charge in [0.05, 0.1) is 12.0 Å². The highest BCUT2D eigenvalue weighted by Crippen LogP contribution is 2.37. The summed E-state index contributed by atoms with van der Waals surface area (Å²) in [5, 5.41) is 9.47. The smallest absolute Gasteiger partial charge is 0.308 e. The molecule has 4 nitrogen and oxygen atoms in total. The second-order valence-corrected chi connectivity index (χ2v) is 5.78. The molecule has 1 aromatic carbocycles. The van der Waals surface area contributed by atoms with Gasteiger partial charge in [-0.15, -0.1) is 0 Å². The molecule has 1 aliphatic heterocycles. The summed E-state index contributed by atoms with van der Waals surface area (Å²) in [6, 6.07) is 9.15. The highest BCUT2D eigenvalue weighted by molar-refractivity contribution is 5.81. The quantitative estimate of drug-likeness (QED) is 0.919. The zero-order valence-electron chi connectivity index (χ0n) is 12.0. The zero-order chi connectivity index (χ0) is 14.7. The maximum absolute atomic E-state index is 12.2. The summed E-state index contributed by atoms with van der Waals surface area (Å²) in [6.07, 6.45) is 0.745. The first-order valence-electron chi connectivity index (χ1n) is 7.08. The van der Waals surface area contributed by atoms with E-state index in [4.69, 9.17) is 0 Å². The summed E-state index contributed by atoms with van der Waals surface area (Å²) in [6.45, 7) is 4.68. The number of carbonyl (C=O) groups excluding carboxylic acids is 1. The number of benzene rings is 1. The fourth-order valence-electron chi connectivity index (χ4n) is 2.88. The van der Waals surface area contributed by atoms with Gasteiger partial charge < -0.3 is 10.0 Å². The fourth-order valence-corrected chi connectivity index (χ4v) is 2.88. The number of hydrogen-bond acceptors (Lipinski definition) is 2. The van der Waals surface area contributed by atoms with Gasteiger partial charge in [0.1, 0.15) is 0 Å². The molecule has 0 aliphatic carbocycles. The topological polar surface area (TPSA) is 57.6 Å². The SMILES string of the molecule is CC(C)CN1C(=O)CCC(C(=O)O)C1c1ccccc1. The summed E-state index contributed by atoms with van der Waals surface area (Å²) < 4.78 is 0. The molecule has 1 amide bonds. The molecule has 1 N–H and O–H groups in total. The maximum atomic E-state index is 12.2. The summed E-state index contributed by atoms with van der Waals surface area (Å²) >= 11 is 0. The maximum Gasteiger partial charge on any atom is 0.308 e. The summed E-state index contributed by atoms with van der Waals surface area (Å²) in [7, 11) is 0.